The van der Waals surface area contributed by atoms with Crippen LogP contribution < -0.4 is 10.6 Å². The Balaban J connectivity index is 4.10. The van der Waals surface area contributed by atoms with E-state index in [9.17, 15) is 14.7 Å². The van der Waals surface area contributed by atoms with Gasteiger partial charge >= 0.3 is 0 Å². The fourth-order valence-electron chi connectivity index (χ4n) is 7.03. The molecule has 0 atom stereocenters. The van der Waals surface area contributed by atoms with Crippen LogP contribution in [-0.2, 0) is 9.59 Å². The molecule has 0 unspecified atom stereocenters. The molecule has 7 heteroatoms. The Labute approximate surface area is 318 Å². The van der Waals surface area contributed by atoms with Crippen molar-refractivity contribution in [3.8, 4) is 0 Å². The third kappa shape index (κ3) is 38.4. The molecule has 3 N–H and O–H groups in total. The molecule has 51 heavy (non-hydrogen) atoms. The summed E-state index contributed by atoms with van der Waals surface area (Å²) in [5, 5.41) is 15.7. The summed E-state index contributed by atoms with van der Waals surface area (Å²) in [6.07, 6.45) is 38.0. The van der Waals surface area contributed by atoms with Gasteiger partial charge in [0.15, 0.2) is 0 Å². The first kappa shape index (κ1) is 49.8. The van der Waals surface area contributed by atoms with Crippen LogP contribution in [0.15, 0.2) is 0 Å². The van der Waals surface area contributed by atoms with Gasteiger partial charge < -0.3 is 20.6 Å². The van der Waals surface area contributed by atoms with Crippen LogP contribution in [0.3, 0.4) is 0 Å². The van der Waals surface area contributed by atoms with Gasteiger partial charge in [-0.1, -0.05) is 181 Å². The molecule has 0 fully saturated rings. The molecule has 0 radical (unpaired) electrons. The molecule has 0 aliphatic rings. The molecule has 0 saturated carbocycles. The molecule has 0 aromatic rings. The molecular formula is C44H90N4O3. The second-order valence-electron chi connectivity index (χ2n) is 15.4. The number of amides is 2. The summed E-state index contributed by atoms with van der Waals surface area (Å²) < 4.78 is 0. The number of carbonyl (C=O) groups excluding carboxylic acids is 2. The van der Waals surface area contributed by atoms with E-state index in [1.165, 1.54) is 161 Å². The largest absolute Gasteiger partial charge is 0.395 e. The normalized spacial score (nSPS) is 11.6. The molecule has 0 bridgehead atoms. The molecule has 0 heterocycles. The molecule has 0 aromatic heterocycles. The molecule has 304 valence electrons. The van der Waals surface area contributed by atoms with E-state index in [1.807, 2.05) is 0 Å². The van der Waals surface area contributed by atoms with Crippen molar-refractivity contribution in [1.29, 1.82) is 0 Å². The van der Waals surface area contributed by atoms with Crippen molar-refractivity contribution < 1.29 is 14.7 Å². The number of nitrogens with zero attached hydrogens (tertiary/aromatic N) is 2. The number of unbranched alkanes of at least 4 members (excludes halogenated alkanes) is 25. The second-order valence-corrected chi connectivity index (χ2v) is 15.4. The van der Waals surface area contributed by atoms with Crippen LogP contribution in [0.5, 0.6) is 0 Å². The molecule has 0 rings (SSSR count). The van der Waals surface area contributed by atoms with Gasteiger partial charge in [-0.2, -0.15) is 0 Å². The number of aliphatic hydroxyl groups excluding tert-OH is 1. The van der Waals surface area contributed by atoms with Crippen LogP contribution in [0.4, 0.5) is 0 Å². The highest BCUT2D eigenvalue weighted by Gasteiger charge is 2.13. The number of aliphatic hydroxyl groups is 1. The number of carbonyl (C=O) groups is 2. The molecule has 0 saturated heterocycles. The lowest BCUT2D eigenvalue weighted by atomic mass is 10.0. The SMILES string of the molecule is CCCCCCCCCCCCCCCCNC(=O)CCN(CCC(=O)NCCCCCCCCCCCCCCC)CCN(CCC)CCO. The lowest BCUT2D eigenvalue weighted by Gasteiger charge is -2.27. The van der Waals surface area contributed by atoms with Crippen LogP contribution in [-0.4, -0.2) is 85.7 Å². The Morgan fingerprint density at radius 3 is 0.961 bits per heavy atom. The minimum atomic E-state index is 0.113. The number of hydrogen-bond acceptors (Lipinski definition) is 5. The molecular weight excluding hydrogens is 633 g/mol. The lowest BCUT2D eigenvalue weighted by molar-refractivity contribution is -0.121. The van der Waals surface area contributed by atoms with E-state index in [0.717, 1.165) is 52.0 Å². The smallest absolute Gasteiger partial charge is 0.221 e. The van der Waals surface area contributed by atoms with Crippen molar-refractivity contribution in [1.82, 2.24) is 20.4 Å². The predicted octanol–water partition coefficient (Wildman–Crippen LogP) is 10.6. The van der Waals surface area contributed by atoms with E-state index in [0.29, 0.717) is 32.5 Å². The Morgan fingerprint density at radius 2 is 0.667 bits per heavy atom. The molecule has 2 amide bonds. The van der Waals surface area contributed by atoms with Gasteiger partial charge in [0.25, 0.3) is 0 Å². The highest BCUT2D eigenvalue weighted by molar-refractivity contribution is 5.76. The standard InChI is InChI=1S/C44H90N4O3/c1-4-7-9-11-13-15-17-19-21-23-25-27-29-31-35-46-44(51)33-38-48(40-39-47(36-6-3)41-42-49)37-32-43(50)45-34-30-28-26-24-22-20-18-16-14-12-10-8-5-2/h49H,4-42H2,1-3H3,(H,45,50)(H,46,51). The van der Waals surface area contributed by atoms with E-state index in [-0.39, 0.29) is 18.4 Å². The predicted molar refractivity (Wildman–Crippen MR) is 222 cm³/mol. The quantitative estimate of drug-likeness (QED) is 0.0546. The third-order valence-electron chi connectivity index (χ3n) is 10.5. The molecule has 7 nitrogen and oxygen atoms in total. The van der Waals surface area contributed by atoms with Crippen LogP contribution in [0.25, 0.3) is 0 Å². The van der Waals surface area contributed by atoms with Crippen molar-refractivity contribution in [3.63, 3.8) is 0 Å². The molecule has 0 spiro atoms. The third-order valence-corrected chi connectivity index (χ3v) is 10.5. The van der Waals surface area contributed by atoms with Gasteiger partial charge in [-0.25, -0.2) is 0 Å². The number of rotatable bonds is 42. The lowest BCUT2D eigenvalue weighted by Crippen LogP contribution is -2.40. The van der Waals surface area contributed by atoms with Crippen LogP contribution in [0.1, 0.15) is 213 Å². The van der Waals surface area contributed by atoms with Gasteiger partial charge in [0.1, 0.15) is 0 Å². The fourth-order valence-corrected chi connectivity index (χ4v) is 7.03. The Bertz CT molecular complexity index is 716. The van der Waals surface area contributed by atoms with Crippen LogP contribution >= 0.6 is 0 Å². The Morgan fingerprint density at radius 1 is 0.373 bits per heavy atom. The molecule has 0 aromatic carbocycles. The van der Waals surface area contributed by atoms with Gasteiger partial charge in [-0.15, -0.1) is 0 Å². The first-order chi connectivity index (χ1) is 25.1. The van der Waals surface area contributed by atoms with E-state index < -0.39 is 0 Å². The topological polar surface area (TPSA) is 84.9 Å². The van der Waals surface area contributed by atoms with Crippen molar-refractivity contribution in [2.45, 2.75) is 213 Å². The maximum Gasteiger partial charge on any atom is 0.221 e. The maximum atomic E-state index is 12.7. The van der Waals surface area contributed by atoms with Crippen LogP contribution in [0, 0.1) is 0 Å². The summed E-state index contributed by atoms with van der Waals surface area (Å²) >= 11 is 0. The summed E-state index contributed by atoms with van der Waals surface area (Å²) in [5.74, 6) is 0.226. The zero-order valence-electron chi connectivity index (χ0n) is 34.7. The van der Waals surface area contributed by atoms with Gasteiger partial charge in [0.05, 0.1) is 6.61 Å². The Hall–Kier alpha value is -1.18. The summed E-state index contributed by atoms with van der Waals surface area (Å²) in [6, 6.07) is 0. The van der Waals surface area contributed by atoms with Crippen molar-refractivity contribution in [3.05, 3.63) is 0 Å². The first-order valence-corrected chi connectivity index (χ1v) is 22.7. The van der Waals surface area contributed by atoms with E-state index >= 15 is 0 Å². The average molecular weight is 723 g/mol. The Kier molecular flexibility index (Phi) is 40.6. The average Bonchev–Trinajstić information content (AvgIpc) is 3.13. The summed E-state index contributed by atoms with van der Waals surface area (Å²) in [6.45, 7) is 13.0. The minimum absolute atomic E-state index is 0.113. The van der Waals surface area contributed by atoms with Gasteiger partial charge in [-0.05, 0) is 25.8 Å². The fraction of sp³-hybridized carbons (Fsp3) is 0.955. The van der Waals surface area contributed by atoms with E-state index in [2.05, 4.69) is 41.2 Å². The summed E-state index contributed by atoms with van der Waals surface area (Å²) in [7, 11) is 0. The van der Waals surface area contributed by atoms with Crippen molar-refractivity contribution in [2.75, 3.05) is 59.0 Å². The van der Waals surface area contributed by atoms with E-state index in [1.54, 1.807) is 0 Å². The van der Waals surface area contributed by atoms with Gasteiger partial charge in [-0.3, -0.25) is 14.5 Å². The zero-order valence-corrected chi connectivity index (χ0v) is 34.7. The van der Waals surface area contributed by atoms with Crippen molar-refractivity contribution >= 4 is 11.8 Å². The van der Waals surface area contributed by atoms with Crippen molar-refractivity contribution in [2.24, 2.45) is 0 Å². The summed E-state index contributed by atoms with van der Waals surface area (Å²) in [4.78, 5) is 29.9. The zero-order chi connectivity index (χ0) is 37.3. The van der Waals surface area contributed by atoms with Gasteiger partial charge in [0.2, 0.25) is 11.8 Å². The monoisotopic (exact) mass is 723 g/mol. The molecule has 0 aliphatic carbocycles. The van der Waals surface area contributed by atoms with Crippen LogP contribution in [0.2, 0.25) is 0 Å². The number of hydrogen-bond donors (Lipinski definition) is 3. The van der Waals surface area contributed by atoms with Gasteiger partial charge in [0, 0.05) is 58.7 Å². The summed E-state index contributed by atoms with van der Waals surface area (Å²) in [5.41, 5.74) is 0. The minimum Gasteiger partial charge on any atom is -0.395 e. The number of nitrogens with one attached hydrogen (secondary N) is 2. The first-order valence-electron chi connectivity index (χ1n) is 22.7. The van der Waals surface area contributed by atoms with E-state index in [4.69, 9.17) is 0 Å². The second kappa shape index (κ2) is 41.6. The highest BCUT2D eigenvalue weighted by atomic mass is 16.3. The molecule has 0 aliphatic heterocycles. The highest BCUT2D eigenvalue weighted by Crippen LogP contribution is 2.14. The maximum absolute atomic E-state index is 12.7.